The molecule has 4 heteroatoms. The van der Waals surface area contributed by atoms with Crippen molar-refractivity contribution in [2.45, 2.75) is 45.8 Å². The Bertz CT molecular complexity index is 469. The second-order valence-electron chi connectivity index (χ2n) is 5.69. The Balaban J connectivity index is 1.91. The first kappa shape index (κ1) is 16.0. The molecule has 1 saturated carbocycles. The summed E-state index contributed by atoms with van der Waals surface area (Å²) >= 11 is 0. The molecule has 2 rings (SSSR count). The molecule has 0 aromatic heterocycles. The van der Waals surface area contributed by atoms with Gasteiger partial charge in [0.15, 0.2) is 0 Å². The van der Waals surface area contributed by atoms with Crippen LogP contribution in [0.15, 0.2) is 24.3 Å². The molecule has 0 atom stereocenters. The van der Waals surface area contributed by atoms with Gasteiger partial charge in [0.2, 0.25) is 5.91 Å². The summed E-state index contributed by atoms with van der Waals surface area (Å²) in [5, 5.41) is 12.4. The van der Waals surface area contributed by atoms with Crippen molar-refractivity contribution in [3.63, 3.8) is 0 Å². The molecule has 21 heavy (non-hydrogen) atoms. The van der Waals surface area contributed by atoms with Crippen LogP contribution in [0.25, 0.3) is 0 Å². The van der Waals surface area contributed by atoms with Crippen LogP contribution in [0.4, 0.5) is 0 Å². The molecular weight excluding hydrogens is 266 g/mol. The van der Waals surface area contributed by atoms with Crippen molar-refractivity contribution in [2.24, 2.45) is 5.41 Å². The molecule has 0 heterocycles. The maximum Gasteiger partial charge on any atom is 0.226 e. The molecule has 1 aliphatic rings. The van der Waals surface area contributed by atoms with Crippen LogP contribution in [0.2, 0.25) is 0 Å². The van der Waals surface area contributed by atoms with E-state index in [1.54, 1.807) is 0 Å². The van der Waals surface area contributed by atoms with Gasteiger partial charge in [-0.15, -0.1) is 0 Å². The molecule has 1 aliphatic carbocycles. The van der Waals surface area contributed by atoms with E-state index in [1.807, 2.05) is 31.2 Å². The van der Waals surface area contributed by atoms with E-state index in [-0.39, 0.29) is 17.9 Å². The van der Waals surface area contributed by atoms with Gasteiger partial charge in [-0.3, -0.25) is 4.79 Å². The number of carbonyl (C=O) groups is 1. The molecule has 0 bridgehead atoms. The Morgan fingerprint density at radius 2 is 2.05 bits per heavy atom. The van der Waals surface area contributed by atoms with Crippen molar-refractivity contribution in [1.29, 1.82) is 0 Å². The fourth-order valence-corrected chi connectivity index (χ4v) is 2.85. The first-order valence-electron chi connectivity index (χ1n) is 7.75. The monoisotopic (exact) mass is 291 g/mol. The zero-order valence-electron chi connectivity index (χ0n) is 12.7. The maximum atomic E-state index is 12.5. The van der Waals surface area contributed by atoms with Gasteiger partial charge in [0.1, 0.15) is 0 Å². The largest absolute Gasteiger partial charge is 0.392 e. The van der Waals surface area contributed by atoms with Crippen molar-refractivity contribution in [3.8, 4) is 0 Å². The number of ether oxygens (including phenoxy) is 1. The van der Waals surface area contributed by atoms with Crippen LogP contribution in [-0.2, 0) is 22.7 Å². The molecule has 0 radical (unpaired) electrons. The van der Waals surface area contributed by atoms with Crippen LogP contribution < -0.4 is 5.32 Å². The van der Waals surface area contributed by atoms with Crippen molar-refractivity contribution in [1.82, 2.24) is 5.32 Å². The van der Waals surface area contributed by atoms with Gasteiger partial charge in [0.25, 0.3) is 0 Å². The highest BCUT2D eigenvalue weighted by molar-refractivity contribution is 5.83. The van der Waals surface area contributed by atoms with Gasteiger partial charge >= 0.3 is 0 Å². The average Bonchev–Trinajstić information content (AvgIpc) is 2.48. The van der Waals surface area contributed by atoms with Gasteiger partial charge in [0.05, 0.1) is 12.0 Å². The Morgan fingerprint density at radius 3 is 2.62 bits per heavy atom. The minimum atomic E-state index is -0.233. The molecule has 4 nitrogen and oxygen atoms in total. The second kappa shape index (κ2) is 7.57. The predicted octanol–water partition coefficient (Wildman–Crippen LogP) is 2.39. The van der Waals surface area contributed by atoms with E-state index in [9.17, 15) is 9.90 Å². The standard InChI is InChI=1S/C17H25NO3/c1-2-21-11-10-17(8-5-9-17)16(20)18-12-14-6-3-4-7-15(14)13-19/h3-4,6-7,19H,2,5,8-13H2,1H3,(H,18,20). The average molecular weight is 291 g/mol. The molecule has 1 fully saturated rings. The molecule has 1 aromatic rings. The molecular formula is C17H25NO3. The minimum absolute atomic E-state index is 0.00151. The fraction of sp³-hybridized carbons (Fsp3) is 0.588. The molecule has 0 aliphatic heterocycles. The summed E-state index contributed by atoms with van der Waals surface area (Å²) < 4.78 is 5.40. The van der Waals surface area contributed by atoms with Crippen LogP contribution in [0.1, 0.15) is 43.7 Å². The third kappa shape index (κ3) is 3.83. The molecule has 0 unspecified atom stereocenters. The van der Waals surface area contributed by atoms with Gasteiger partial charge in [-0.05, 0) is 37.3 Å². The maximum absolute atomic E-state index is 12.5. The zero-order chi connectivity index (χ0) is 15.1. The van der Waals surface area contributed by atoms with Crippen LogP contribution >= 0.6 is 0 Å². The van der Waals surface area contributed by atoms with Gasteiger partial charge in [-0.25, -0.2) is 0 Å². The molecule has 0 saturated heterocycles. The highest BCUT2D eigenvalue weighted by Gasteiger charge is 2.43. The van der Waals surface area contributed by atoms with E-state index in [2.05, 4.69) is 5.32 Å². The third-order valence-electron chi connectivity index (χ3n) is 4.45. The van der Waals surface area contributed by atoms with Crippen molar-refractivity contribution >= 4 is 5.91 Å². The SMILES string of the molecule is CCOCCC1(C(=O)NCc2ccccc2CO)CCC1. The van der Waals surface area contributed by atoms with Crippen LogP contribution in [-0.4, -0.2) is 24.2 Å². The number of nitrogens with one attached hydrogen (secondary N) is 1. The smallest absolute Gasteiger partial charge is 0.226 e. The summed E-state index contributed by atoms with van der Waals surface area (Å²) in [6.45, 7) is 3.80. The van der Waals surface area contributed by atoms with Gasteiger partial charge < -0.3 is 15.2 Å². The van der Waals surface area contributed by atoms with E-state index in [1.165, 1.54) is 0 Å². The second-order valence-corrected chi connectivity index (χ2v) is 5.69. The van der Waals surface area contributed by atoms with E-state index in [4.69, 9.17) is 4.74 Å². The predicted molar refractivity (Wildman–Crippen MR) is 81.6 cm³/mol. The number of benzene rings is 1. The van der Waals surface area contributed by atoms with E-state index in [0.29, 0.717) is 19.8 Å². The Morgan fingerprint density at radius 1 is 1.33 bits per heavy atom. The highest BCUT2D eigenvalue weighted by Crippen LogP contribution is 2.44. The number of rotatable bonds is 8. The number of amides is 1. The fourth-order valence-electron chi connectivity index (χ4n) is 2.85. The van der Waals surface area contributed by atoms with Crippen molar-refractivity contribution in [2.75, 3.05) is 13.2 Å². The van der Waals surface area contributed by atoms with Crippen molar-refractivity contribution in [3.05, 3.63) is 35.4 Å². The highest BCUT2D eigenvalue weighted by atomic mass is 16.5. The lowest BCUT2D eigenvalue weighted by Crippen LogP contribution is -2.46. The summed E-state index contributed by atoms with van der Waals surface area (Å²) in [5.74, 6) is 0.126. The number of aliphatic hydroxyl groups excluding tert-OH is 1. The van der Waals surface area contributed by atoms with Crippen LogP contribution in [0.5, 0.6) is 0 Å². The summed E-state index contributed by atoms with van der Waals surface area (Å²) in [6, 6.07) is 7.65. The lowest BCUT2D eigenvalue weighted by molar-refractivity contribution is -0.137. The lowest BCUT2D eigenvalue weighted by Gasteiger charge is -2.40. The number of carbonyl (C=O) groups excluding carboxylic acids is 1. The summed E-state index contributed by atoms with van der Waals surface area (Å²) in [4.78, 5) is 12.5. The van der Waals surface area contributed by atoms with Crippen molar-refractivity contribution < 1.29 is 14.6 Å². The van der Waals surface area contributed by atoms with Crippen LogP contribution in [0, 0.1) is 5.41 Å². The molecule has 1 aromatic carbocycles. The quantitative estimate of drug-likeness (QED) is 0.723. The number of aliphatic hydroxyl groups is 1. The minimum Gasteiger partial charge on any atom is -0.392 e. The molecule has 0 spiro atoms. The third-order valence-corrected chi connectivity index (χ3v) is 4.45. The lowest BCUT2D eigenvalue weighted by atomic mass is 9.66. The van der Waals surface area contributed by atoms with E-state index < -0.39 is 0 Å². The summed E-state index contributed by atoms with van der Waals surface area (Å²) in [7, 11) is 0. The van der Waals surface area contributed by atoms with Gasteiger partial charge in [0, 0.05) is 19.8 Å². The van der Waals surface area contributed by atoms with Gasteiger partial charge in [-0.1, -0.05) is 30.7 Å². The zero-order valence-corrected chi connectivity index (χ0v) is 12.7. The summed E-state index contributed by atoms with van der Waals surface area (Å²) in [5.41, 5.74) is 1.62. The topological polar surface area (TPSA) is 58.6 Å². The number of hydrogen-bond donors (Lipinski definition) is 2. The van der Waals surface area contributed by atoms with E-state index >= 15 is 0 Å². The van der Waals surface area contributed by atoms with Gasteiger partial charge in [-0.2, -0.15) is 0 Å². The normalized spacial score (nSPS) is 16.3. The number of hydrogen-bond acceptors (Lipinski definition) is 3. The Hall–Kier alpha value is -1.39. The Labute approximate surface area is 126 Å². The van der Waals surface area contributed by atoms with Crippen LogP contribution in [0.3, 0.4) is 0 Å². The summed E-state index contributed by atoms with van der Waals surface area (Å²) in [6.07, 6.45) is 3.82. The first-order valence-corrected chi connectivity index (χ1v) is 7.75. The molecule has 2 N–H and O–H groups in total. The molecule has 1 amide bonds. The van der Waals surface area contributed by atoms with E-state index in [0.717, 1.165) is 36.8 Å². The first-order chi connectivity index (χ1) is 10.2. The molecule has 116 valence electrons. The Kier molecular flexibility index (Phi) is 5.76.